The van der Waals surface area contributed by atoms with E-state index in [0.29, 0.717) is 51.1 Å². The van der Waals surface area contributed by atoms with Gasteiger partial charge in [-0.05, 0) is 92.1 Å². The van der Waals surface area contributed by atoms with Crippen LogP contribution >= 0.6 is 0 Å². The first kappa shape index (κ1) is 44.1. The van der Waals surface area contributed by atoms with Crippen LogP contribution in [0.1, 0.15) is 74.1 Å². The average Bonchev–Trinajstić information content (AvgIpc) is 3.71. The van der Waals surface area contributed by atoms with E-state index in [-0.39, 0.29) is 24.3 Å². The lowest BCUT2D eigenvalue weighted by Gasteiger charge is -2.42. The van der Waals surface area contributed by atoms with Crippen molar-refractivity contribution >= 4 is 23.5 Å². The summed E-state index contributed by atoms with van der Waals surface area (Å²) < 4.78 is 26.6. The molecule has 308 valence electrons. The number of aliphatic hydroxyl groups excluding tert-OH is 1. The van der Waals surface area contributed by atoms with Crippen molar-refractivity contribution in [2.24, 2.45) is 17.8 Å². The van der Waals surface area contributed by atoms with Crippen LogP contribution in [-0.2, 0) is 35.1 Å². The maximum absolute atomic E-state index is 14.1. The quantitative estimate of drug-likeness (QED) is 0.116. The molecule has 0 aliphatic carbocycles. The smallest absolute Gasteiger partial charge is 0.410 e. The summed E-state index contributed by atoms with van der Waals surface area (Å²) in [6, 6.07) is 6.73. The molecule has 1 aromatic heterocycles. The zero-order chi connectivity index (χ0) is 40.7. The summed E-state index contributed by atoms with van der Waals surface area (Å²) in [5.74, 6) is -2.92. The lowest BCUT2D eigenvalue weighted by atomic mass is 9.78. The van der Waals surface area contributed by atoms with Crippen LogP contribution in [0.2, 0.25) is 0 Å². The maximum atomic E-state index is 14.1. The van der Waals surface area contributed by atoms with Gasteiger partial charge in [0.2, 0.25) is 0 Å². The predicted molar refractivity (Wildman–Crippen MR) is 209 cm³/mol. The summed E-state index contributed by atoms with van der Waals surface area (Å²) in [6.45, 7) is 15.0. The number of hydrogen-bond acceptors (Lipinski definition) is 13. The summed E-state index contributed by atoms with van der Waals surface area (Å²) >= 11 is 0. The number of nitrogens with zero attached hydrogens (tertiary/aromatic N) is 5. The highest BCUT2D eigenvalue weighted by atomic mass is 16.6. The zero-order valence-electron chi connectivity index (χ0n) is 34.5. The Morgan fingerprint density at radius 1 is 1.13 bits per heavy atom. The largest absolute Gasteiger partial charge is 0.458 e. The molecule has 4 rings (SSSR count). The van der Waals surface area contributed by atoms with Crippen molar-refractivity contribution in [1.29, 1.82) is 0 Å². The molecule has 0 radical (unpaired) electrons. The van der Waals surface area contributed by atoms with Crippen LogP contribution in [0.5, 0.6) is 0 Å². The number of amides is 1. The second-order valence-electron chi connectivity index (χ2n) is 16.3. The molecule has 2 fully saturated rings. The van der Waals surface area contributed by atoms with Gasteiger partial charge in [-0.1, -0.05) is 38.1 Å². The van der Waals surface area contributed by atoms with Crippen LogP contribution in [0.15, 0.2) is 30.5 Å². The van der Waals surface area contributed by atoms with Gasteiger partial charge >= 0.3 is 12.1 Å². The number of Topliss-reactive ketones (excluding diaryl/α,β-unsaturated/α-hetero) is 1. The lowest BCUT2D eigenvalue weighted by molar-refractivity contribution is -0.177. The SMILES string of the molecule is CC[C@H]1OC(=O)[C@H](C)C(=O)[C@H](C)[C@@H](OCC(O)CN(C)C)[C@](C)(OC)C[C@@H](C)CN[C@H](C)[C@H]2N(CCCCn3cc(-c4cccc(N)c4)nn3)C(=O)O[C@]12C. The first-order valence-electron chi connectivity index (χ1n) is 19.7. The molecule has 2 aliphatic heterocycles. The number of aliphatic hydroxyl groups is 1. The number of esters is 1. The molecule has 15 heteroatoms. The van der Waals surface area contributed by atoms with Gasteiger partial charge in [-0.15, -0.1) is 5.10 Å². The Bertz CT molecular complexity index is 1590. The molecule has 1 unspecified atom stereocenters. The van der Waals surface area contributed by atoms with Gasteiger partial charge in [0.15, 0.2) is 11.4 Å². The number of fused-ring (bicyclic) bond motifs is 1. The lowest BCUT2D eigenvalue weighted by Crippen LogP contribution is -2.61. The first-order chi connectivity index (χ1) is 25.9. The fourth-order valence-electron chi connectivity index (χ4n) is 8.40. The van der Waals surface area contributed by atoms with E-state index < -0.39 is 59.5 Å². The number of likely N-dealkylation sites (N-methyl/N-ethyl adjacent to an activating group) is 1. The van der Waals surface area contributed by atoms with Crippen molar-refractivity contribution in [3.63, 3.8) is 0 Å². The minimum absolute atomic E-state index is 0.00975. The molecular weight excluding hydrogens is 706 g/mol. The van der Waals surface area contributed by atoms with Crippen LogP contribution in [0.3, 0.4) is 0 Å². The number of unbranched alkanes of at least 4 members (excludes halogenated alkanes) is 1. The summed E-state index contributed by atoms with van der Waals surface area (Å²) in [5.41, 5.74) is 6.07. The minimum Gasteiger partial charge on any atom is -0.458 e. The molecule has 1 aromatic carbocycles. The predicted octanol–water partition coefficient (Wildman–Crippen LogP) is 3.78. The Morgan fingerprint density at radius 2 is 1.84 bits per heavy atom. The molecule has 0 spiro atoms. The Hall–Kier alpha value is -3.63. The van der Waals surface area contributed by atoms with Crippen LogP contribution in [0, 0.1) is 17.8 Å². The van der Waals surface area contributed by atoms with Gasteiger partial charge in [-0.3, -0.25) is 19.2 Å². The standard InChI is InChI=1S/C40H65N7O8/c1-11-33-40(7)35(47(38(51)55-40)18-13-12-17-46-23-32(43-44-46)29-15-14-16-30(41)19-29)28(5)42-21-25(2)20-39(6,52-10)36(53-24-31(48)22-45(8)9)26(3)34(49)27(4)37(50)54-33/h14-16,19,23,25-28,31,33,35-36,42,48H,11-13,17-18,20-22,24,41H2,1-10H3/t25-,26+,27-,28-,31?,33-,35-,36-,39-,40-/m1/s1. The van der Waals surface area contributed by atoms with Crippen molar-refractivity contribution in [1.82, 2.24) is 30.1 Å². The van der Waals surface area contributed by atoms with E-state index in [9.17, 15) is 19.5 Å². The number of carbonyl (C=O) groups excluding carboxylic acids is 3. The van der Waals surface area contributed by atoms with E-state index in [4.69, 9.17) is 24.7 Å². The summed E-state index contributed by atoms with van der Waals surface area (Å²) in [7, 11) is 5.32. The third-order valence-corrected chi connectivity index (χ3v) is 11.3. The maximum Gasteiger partial charge on any atom is 0.410 e. The average molecular weight is 772 g/mol. The summed E-state index contributed by atoms with van der Waals surface area (Å²) in [6.07, 6.45) is 1.28. The number of benzene rings is 1. The van der Waals surface area contributed by atoms with Crippen LogP contribution < -0.4 is 11.1 Å². The van der Waals surface area contributed by atoms with Crippen molar-refractivity contribution < 1.29 is 38.4 Å². The van der Waals surface area contributed by atoms with Gasteiger partial charge in [0.1, 0.15) is 17.7 Å². The van der Waals surface area contributed by atoms with E-state index in [0.717, 1.165) is 17.7 Å². The van der Waals surface area contributed by atoms with Gasteiger partial charge in [0.25, 0.3) is 0 Å². The van der Waals surface area contributed by atoms with Crippen molar-refractivity contribution in [3.05, 3.63) is 30.5 Å². The number of cyclic esters (lactones) is 1. The minimum atomic E-state index is -1.21. The Kier molecular flexibility index (Phi) is 15.2. The molecule has 2 aromatic rings. The number of carbonyl (C=O) groups is 3. The molecule has 0 saturated carbocycles. The number of hydrogen-bond donors (Lipinski definition) is 3. The number of nitrogens with one attached hydrogen (secondary N) is 1. The number of anilines is 1. The fraction of sp³-hybridized carbons (Fsp3) is 0.725. The van der Waals surface area contributed by atoms with Crippen LogP contribution in [0.25, 0.3) is 11.3 Å². The number of aromatic nitrogens is 3. The zero-order valence-corrected chi connectivity index (χ0v) is 34.5. The second-order valence-corrected chi connectivity index (χ2v) is 16.3. The summed E-state index contributed by atoms with van der Waals surface area (Å²) in [4.78, 5) is 45.2. The van der Waals surface area contributed by atoms with E-state index in [2.05, 4.69) is 22.6 Å². The highest BCUT2D eigenvalue weighted by Gasteiger charge is 2.58. The Morgan fingerprint density at radius 3 is 2.49 bits per heavy atom. The van der Waals surface area contributed by atoms with E-state index in [1.807, 2.05) is 77.2 Å². The molecule has 1 amide bonds. The number of methoxy groups -OCH3 is 1. The third kappa shape index (κ3) is 10.6. The molecule has 3 heterocycles. The third-order valence-electron chi connectivity index (χ3n) is 11.3. The van der Waals surface area contributed by atoms with Crippen molar-refractivity contribution in [2.75, 3.05) is 53.2 Å². The number of nitrogens with two attached hydrogens (primary N) is 1. The Labute approximate surface area is 326 Å². The molecule has 55 heavy (non-hydrogen) atoms. The van der Waals surface area contributed by atoms with Gasteiger partial charge in [0.05, 0.1) is 36.7 Å². The Balaban J connectivity index is 1.56. The molecule has 15 nitrogen and oxygen atoms in total. The summed E-state index contributed by atoms with van der Waals surface area (Å²) in [5, 5.41) is 22.9. The van der Waals surface area contributed by atoms with Gasteiger partial charge in [-0.2, -0.15) is 0 Å². The van der Waals surface area contributed by atoms with E-state index >= 15 is 0 Å². The van der Waals surface area contributed by atoms with Gasteiger partial charge in [0, 0.05) is 50.0 Å². The second kappa shape index (κ2) is 19.0. The normalized spacial score (nSPS) is 31.7. The van der Waals surface area contributed by atoms with Crippen molar-refractivity contribution in [3.8, 4) is 11.3 Å². The number of aryl methyl sites for hydroxylation is 1. The fourth-order valence-corrected chi connectivity index (χ4v) is 8.40. The highest BCUT2D eigenvalue weighted by molar-refractivity contribution is 6.00. The van der Waals surface area contributed by atoms with Crippen LogP contribution in [0.4, 0.5) is 10.5 Å². The number of rotatable bonds is 13. The highest BCUT2D eigenvalue weighted by Crippen LogP contribution is 2.39. The molecule has 2 saturated heterocycles. The first-order valence-corrected chi connectivity index (χ1v) is 19.7. The van der Waals surface area contributed by atoms with Gasteiger partial charge in [-0.25, -0.2) is 4.79 Å². The molecular formula is C40H65N7O8. The molecule has 4 N–H and O–H groups in total. The van der Waals surface area contributed by atoms with E-state index in [1.54, 1.807) is 30.5 Å². The number of ketones is 1. The number of ether oxygens (including phenoxy) is 4. The topological polar surface area (TPSA) is 184 Å². The van der Waals surface area contributed by atoms with Crippen LogP contribution in [-0.4, -0.2) is 137 Å². The monoisotopic (exact) mass is 771 g/mol. The molecule has 2 aliphatic rings. The van der Waals surface area contributed by atoms with Crippen molar-refractivity contribution in [2.45, 2.75) is 122 Å². The molecule has 0 bridgehead atoms. The van der Waals surface area contributed by atoms with Gasteiger partial charge < -0.3 is 40.0 Å². The molecule has 10 atom stereocenters. The van der Waals surface area contributed by atoms with E-state index in [1.165, 1.54) is 0 Å². The number of nitrogen functional groups attached to an aromatic ring is 1.